The summed E-state index contributed by atoms with van der Waals surface area (Å²) in [5.74, 6) is 0. The van der Waals surface area contributed by atoms with Crippen LogP contribution in [0, 0.1) is 0 Å². The van der Waals surface area contributed by atoms with E-state index < -0.39 is 11.7 Å². The number of nitrogens with zero attached hydrogens (tertiary/aromatic N) is 3. The zero-order chi connectivity index (χ0) is 30.5. The van der Waals surface area contributed by atoms with Crippen molar-refractivity contribution in [1.82, 2.24) is 9.80 Å². The number of hydrogen-bond acceptors (Lipinski definition) is 7. The maximum Gasteiger partial charge on any atom is 0.416 e. The summed E-state index contributed by atoms with van der Waals surface area (Å²) in [5.41, 5.74) is 3.42. The molecule has 0 atom stereocenters. The van der Waals surface area contributed by atoms with E-state index in [4.69, 9.17) is 5.11 Å². The number of hydrogen-bond donors (Lipinski definition) is 2. The molecule has 4 aromatic carbocycles. The van der Waals surface area contributed by atoms with Crippen molar-refractivity contribution in [3.8, 4) is 0 Å². The van der Waals surface area contributed by atoms with Gasteiger partial charge in [0.15, 0.2) is 0 Å². The number of para-hydroxylation sites is 3. The predicted octanol–water partition coefficient (Wildman–Crippen LogP) is 8.20. The number of halogens is 3. The van der Waals surface area contributed by atoms with Crippen LogP contribution in [0.2, 0.25) is 0 Å². The van der Waals surface area contributed by atoms with Gasteiger partial charge >= 0.3 is 6.18 Å². The lowest BCUT2D eigenvalue weighted by Gasteiger charge is -2.36. The fourth-order valence-corrected chi connectivity index (χ4v) is 7.72. The van der Waals surface area contributed by atoms with Crippen LogP contribution in [0.1, 0.15) is 12.0 Å². The average molecular weight is 637 g/mol. The Morgan fingerprint density at radius 1 is 0.636 bits per heavy atom. The van der Waals surface area contributed by atoms with Crippen LogP contribution in [-0.4, -0.2) is 67.3 Å². The molecule has 4 aromatic rings. The van der Waals surface area contributed by atoms with E-state index in [-0.39, 0.29) is 6.61 Å². The van der Waals surface area contributed by atoms with E-state index >= 15 is 0 Å². The topological polar surface area (TPSA) is 42.0 Å². The quantitative estimate of drug-likeness (QED) is 0.195. The number of alkyl halides is 3. The third kappa shape index (κ3) is 7.21. The number of benzene rings is 4. The molecule has 0 aliphatic carbocycles. The van der Waals surface area contributed by atoms with E-state index in [0.717, 1.165) is 54.6 Å². The van der Waals surface area contributed by atoms with Gasteiger partial charge in [-0.15, -0.1) is 0 Å². The van der Waals surface area contributed by atoms with E-state index in [1.165, 1.54) is 45.1 Å². The minimum Gasteiger partial charge on any atom is -0.395 e. The van der Waals surface area contributed by atoms with Crippen molar-refractivity contribution < 1.29 is 18.3 Å². The number of anilines is 4. The number of nitrogens with one attached hydrogen (secondary N) is 1. The Balaban J connectivity index is 0.000000202. The van der Waals surface area contributed by atoms with Crippen molar-refractivity contribution in [2.75, 3.05) is 62.6 Å². The fraction of sp³-hybridized carbons (Fsp3) is 0.294. The van der Waals surface area contributed by atoms with E-state index in [2.05, 4.69) is 63.6 Å². The molecule has 1 fully saturated rings. The highest BCUT2D eigenvalue weighted by atomic mass is 32.2. The summed E-state index contributed by atoms with van der Waals surface area (Å²) in [6.07, 6.45) is -3.48. The van der Waals surface area contributed by atoms with Gasteiger partial charge in [0.25, 0.3) is 0 Å². The van der Waals surface area contributed by atoms with Crippen LogP contribution >= 0.6 is 23.5 Å². The fourth-order valence-electron chi connectivity index (χ4n) is 5.66. The smallest absolute Gasteiger partial charge is 0.395 e. The highest BCUT2D eigenvalue weighted by Crippen LogP contribution is 2.49. The first-order valence-corrected chi connectivity index (χ1v) is 16.5. The molecular weight excluding hydrogens is 602 g/mol. The van der Waals surface area contributed by atoms with Crippen molar-refractivity contribution in [2.45, 2.75) is 32.2 Å². The van der Waals surface area contributed by atoms with E-state index in [1.54, 1.807) is 6.07 Å². The molecule has 0 unspecified atom stereocenters. The summed E-state index contributed by atoms with van der Waals surface area (Å²) >= 11 is 3.35. The van der Waals surface area contributed by atoms with Gasteiger partial charge in [0, 0.05) is 58.9 Å². The molecule has 10 heteroatoms. The number of fused-ring (bicyclic) bond motifs is 4. The Morgan fingerprint density at radius 2 is 1.18 bits per heavy atom. The third-order valence-corrected chi connectivity index (χ3v) is 10.2. The van der Waals surface area contributed by atoms with E-state index in [0.29, 0.717) is 18.8 Å². The van der Waals surface area contributed by atoms with Crippen molar-refractivity contribution in [1.29, 1.82) is 0 Å². The number of aliphatic hydroxyl groups excluding tert-OH is 1. The van der Waals surface area contributed by atoms with Crippen LogP contribution in [0.15, 0.2) is 111 Å². The molecule has 2 N–H and O–H groups in total. The standard InChI is InChI=1S/C22H26F3N3OS.C12H9NS/c23-22(24,25)17-6-7-21-19(16-17)28(18-4-1-2-5-20(18)30-21)9-3-8-26-10-12-27(13-11-26)14-15-29;1-3-7-11-9(5-1)13-10-6-2-4-8-12(10)14-11/h1-2,4-7,16,29H,3,8-15H2;1-8,13H. The van der Waals surface area contributed by atoms with Crippen molar-refractivity contribution >= 4 is 46.3 Å². The second-order valence-electron chi connectivity index (χ2n) is 10.9. The van der Waals surface area contributed by atoms with Crippen molar-refractivity contribution in [2.24, 2.45) is 0 Å². The van der Waals surface area contributed by atoms with Gasteiger partial charge in [-0.05, 0) is 67.6 Å². The first kappa shape index (κ1) is 30.9. The predicted molar refractivity (Wildman–Crippen MR) is 174 cm³/mol. The zero-order valence-corrected chi connectivity index (χ0v) is 25.9. The molecular formula is C34H35F3N4OS2. The average Bonchev–Trinajstić information content (AvgIpc) is 3.04. The zero-order valence-electron chi connectivity index (χ0n) is 24.3. The second-order valence-corrected chi connectivity index (χ2v) is 13.0. The van der Waals surface area contributed by atoms with Gasteiger partial charge in [-0.2, -0.15) is 13.2 Å². The normalized spacial score (nSPS) is 16.0. The van der Waals surface area contributed by atoms with Gasteiger partial charge in [-0.1, -0.05) is 59.9 Å². The second kappa shape index (κ2) is 13.9. The molecule has 0 saturated carbocycles. The first-order valence-electron chi connectivity index (χ1n) is 14.8. The molecule has 0 radical (unpaired) electrons. The number of aliphatic hydroxyl groups is 1. The Kier molecular flexibility index (Phi) is 9.73. The lowest BCUT2D eigenvalue weighted by Crippen LogP contribution is -2.47. The van der Waals surface area contributed by atoms with Crippen LogP contribution < -0.4 is 10.2 Å². The molecule has 7 rings (SSSR count). The van der Waals surface area contributed by atoms with Gasteiger partial charge < -0.3 is 20.2 Å². The number of β-amino-alcohol motifs (C(OH)–C–C–N with tert-alkyl or cyclic N) is 1. The summed E-state index contributed by atoms with van der Waals surface area (Å²) in [5, 5.41) is 12.5. The monoisotopic (exact) mass is 636 g/mol. The summed E-state index contributed by atoms with van der Waals surface area (Å²) in [6, 6.07) is 28.7. The van der Waals surface area contributed by atoms with Gasteiger partial charge in [-0.25, -0.2) is 0 Å². The van der Waals surface area contributed by atoms with Crippen molar-refractivity contribution in [3.05, 3.63) is 96.6 Å². The SMILES string of the molecule is OCCN1CCN(CCCN2c3ccccc3Sc3ccc(C(F)(F)F)cc32)CC1.c1ccc2c(c1)Nc1ccccc1S2. The molecule has 5 nitrogen and oxygen atoms in total. The van der Waals surface area contributed by atoms with Crippen LogP contribution in [0.3, 0.4) is 0 Å². The highest BCUT2D eigenvalue weighted by molar-refractivity contribution is 8.00. The first-order chi connectivity index (χ1) is 21.4. The summed E-state index contributed by atoms with van der Waals surface area (Å²) in [4.78, 5) is 11.2. The summed E-state index contributed by atoms with van der Waals surface area (Å²) in [6.45, 7) is 6.29. The third-order valence-electron chi connectivity index (χ3n) is 7.95. The molecule has 0 aromatic heterocycles. The van der Waals surface area contributed by atoms with Crippen LogP contribution in [0.4, 0.5) is 35.9 Å². The lowest BCUT2D eigenvalue weighted by atomic mass is 10.1. The lowest BCUT2D eigenvalue weighted by molar-refractivity contribution is -0.137. The maximum atomic E-state index is 13.3. The van der Waals surface area contributed by atoms with Gasteiger partial charge in [-0.3, -0.25) is 4.90 Å². The van der Waals surface area contributed by atoms with Crippen LogP contribution in [-0.2, 0) is 6.18 Å². The molecule has 3 aliphatic heterocycles. The summed E-state index contributed by atoms with van der Waals surface area (Å²) in [7, 11) is 0. The molecule has 230 valence electrons. The van der Waals surface area contributed by atoms with Gasteiger partial charge in [0.05, 0.1) is 34.9 Å². The molecule has 1 saturated heterocycles. The minimum absolute atomic E-state index is 0.186. The molecule has 0 bridgehead atoms. The van der Waals surface area contributed by atoms with Crippen LogP contribution in [0.5, 0.6) is 0 Å². The minimum atomic E-state index is -4.35. The van der Waals surface area contributed by atoms with Gasteiger partial charge in [0.2, 0.25) is 0 Å². The number of piperazine rings is 1. The Bertz CT molecular complexity index is 1490. The molecule has 3 aliphatic rings. The highest BCUT2D eigenvalue weighted by Gasteiger charge is 2.33. The Morgan fingerprint density at radius 3 is 1.82 bits per heavy atom. The van der Waals surface area contributed by atoms with E-state index in [9.17, 15) is 13.2 Å². The summed E-state index contributed by atoms with van der Waals surface area (Å²) < 4.78 is 39.9. The molecule has 0 amide bonds. The molecule has 44 heavy (non-hydrogen) atoms. The number of rotatable bonds is 6. The Hall–Kier alpha value is -3.15. The molecule has 0 spiro atoms. The van der Waals surface area contributed by atoms with Gasteiger partial charge in [0.1, 0.15) is 0 Å². The maximum absolute atomic E-state index is 13.3. The van der Waals surface area contributed by atoms with E-state index in [1.807, 2.05) is 40.9 Å². The van der Waals surface area contributed by atoms with Crippen LogP contribution in [0.25, 0.3) is 0 Å². The molecule has 3 heterocycles. The largest absolute Gasteiger partial charge is 0.416 e. The van der Waals surface area contributed by atoms with Crippen molar-refractivity contribution in [3.63, 3.8) is 0 Å². The Labute approximate surface area is 265 Å².